The highest BCUT2D eigenvalue weighted by atomic mass is 16.4. The summed E-state index contributed by atoms with van der Waals surface area (Å²) in [5, 5.41) is 32.4. The molecule has 0 unspecified atom stereocenters. The maximum Gasteiger partial charge on any atom is 0.303 e. The van der Waals surface area contributed by atoms with E-state index in [1.807, 2.05) is 6.92 Å². The summed E-state index contributed by atoms with van der Waals surface area (Å²) in [5.74, 6) is 0.0839. The van der Waals surface area contributed by atoms with E-state index in [4.69, 9.17) is 9.98 Å². The molecule has 10 heteroatoms. The van der Waals surface area contributed by atoms with Crippen LogP contribution in [0.25, 0.3) is 0 Å². The number of rotatable bonds is 19. The zero-order valence-electron chi connectivity index (χ0n) is 28.4. The van der Waals surface area contributed by atoms with Crippen molar-refractivity contribution >= 4 is 34.6 Å². The van der Waals surface area contributed by atoms with E-state index in [1.54, 1.807) is 0 Å². The van der Waals surface area contributed by atoms with Gasteiger partial charge >= 0.3 is 5.97 Å². The molecule has 0 aromatic heterocycles. The van der Waals surface area contributed by atoms with Gasteiger partial charge < -0.3 is 35.3 Å². The van der Waals surface area contributed by atoms with Crippen LogP contribution >= 0.6 is 0 Å². The van der Waals surface area contributed by atoms with E-state index in [1.165, 1.54) is 11.1 Å². The average molecular weight is 635 g/mol. The number of hydrogen-bond acceptors (Lipinski definition) is 8. The lowest BCUT2D eigenvalue weighted by Gasteiger charge is -2.34. The summed E-state index contributed by atoms with van der Waals surface area (Å²) < 4.78 is 0. The number of amidine groups is 1. The van der Waals surface area contributed by atoms with Crippen LogP contribution in [-0.4, -0.2) is 96.8 Å². The van der Waals surface area contributed by atoms with Crippen molar-refractivity contribution in [2.75, 3.05) is 74.1 Å². The van der Waals surface area contributed by atoms with E-state index in [0.29, 0.717) is 51.4 Å². The Morgan fingerprint density at radius 1 is 1.04 bits per heavy atom. The summed E-state index contributed by atoms with van der Waals surface area (Å²) in [7, 11) is 0. The second kappa shape index (κ2) is 19.1. The molecule has 0 amide bonds. The van der Waals surface area contributed by atoms with Gasteiger partial charge in [-0.1, -0.05) is 32.1 Å². The first-order valence-electron chi connectivity index (χ1n) is 16.6. The van der Waals surface area contributed by atoms with Crippen LogP contribution in [0.2, 0.25) is 0 Å². The summed E-state index contributed by atoms with van der Waals surface area (Å²) >= 11 is 0. The van der Waals surface area contributed by atoms with E-state index >= 15 is 0 Å². The number of nitrogens with one attached hydrogen (secondary N) is 1. The molecule has 46 heavy (non-hydrogen) atoms. The molecule has 0 saturated heterocycles. The van der Waals surface area contributed by atoms with Crippen molar-refractivity contribution in [1.29, 1.82) is 0 Å². The van der Waals surface area contributed by atoms with E-state index in [-0.39, 0.29) is 19.6 Å². The van der Waals surface area contributed by atoms with Gasteiger partial charge in [0, 0.05) is 44.0 Å². The number of anilines is 3. The molecule has 0 radical (unpaired) electrons. The van der Waals surface area contributed by atoms with Crippen LogP contribution in [0.3, 0.4) is 0 Å². The summed E-state index contributed by atoms with van der Waals surface area (Å²) in [6.45, 7) is 15.7. The third kappa shape index (κ3) is 11.9. The predicted octanol–water partition coefficient (Wildman–Crippen LogP) is 5.26. The first-order chi connectivity index (χ1) is 22.1. The number of aliphatic carboxylic acids is 1. The van der Waals surface area contributed by atoms with Gasteiger partial charge in [0.15, 0.2) is 0 Å². The van der Waals surface area contributed by atoms with Crippen molar-refractivity contribution < 1.29 is 20.1 Å². The average Bonchev–Trinajstić information content (AvgIpc) is 3.01. The van der Waals surface area contributed by atoms with Crippen LogP contribution in [0.1, 0.15) is 63.1 Å². The second-order valence-electron chi connectivity index (χ2n) is 12.0. The van der Waals surface area contributed by atoms with Crippen LogP contribution in [0.4, 0.5) is 17.1 Å². The summed E-state index contributed by atoms with van der Waals surface area (Å²) in [5.41, 5.74) is 8.07. The number of likely N-dealkylation sites (N-methyl/N-ethyl adjacent to an activating group) is 1. The SMILES string of the molecule is CC/C=C(/C)N=C(CO)CN1CC(=NCCCN(CC)CCO)Nc2ccc(CN(CCCC(=O)O)c3cc(C)cc(C)c3)cc21. The van der Waals surface area contributed by atoms with Crippen molar-refractivity contribution in [2.45, 2.75) is 66.8 Å². The molecule has 3 rings (SSSR count). The smallest absolute Gasteiger partial charge is 0.303 e. The molecule has 10 nitrogen and oxygen atoms in total. The zero-order valence-corrected chi connectivity index (χ0v) is 28.4. The number of fused-ring (bicyclic) bond motifs is 1. The molecule has 0 saturated carbocycles. The quantitative estimate of drug-likeness (QED) is 0.122. The normalized spacial score (nSPS) is 14.5. The Kier molecular flexibility index (Phi) is 15.2. The highest BCUT2D eigenvalue weighted by molar-refractivity contribution is 6.06. The Hall–Kier alpha value is -3.73. The van der Waals surface area contributed by atoms with Gasteiger partial charge in [0.25, 0.3) is 0 Å². The Bertz CT molecular complexity index is 1350. The third-order valence-corrected chi connectivity index (χ3v) is 7.97. The molecule has 0 aliphatic carbocycles. The molecule has 0 bridgehead atoms. The topological polar surface area (TPSA) is 124 Å². The largest absolute Gasteiger partial charge is 0.481 e. The Balaban J connectivity index is 1.91. The molecule has 2 aromatic rings. The van der Waals surface area contributed by atoms with Crippen LogP contribution in [0.5, 0.6) is 0 Å². The van der Waals surface area contributed by atoms with Crippen LogP contribution < -0.4 is 15.1 Å². The molecule has 0 fully saturated rings. The number of aryl methyl sites for hydroxylation is 2. The fraction of sp³-hybridized carbons (Fsp3) is 0.528. The van der Waals surface area contributed by atoms with Gasteiger partial charge in [-0.25, -0.2) is 0 Å². The van der Waals surface area contributed by atoms with Gasteiger partial charge in [-0.3, -0.25) is 14.8 Å². The Morgan fingerprint density at radius 3 is 2.46 bits per heavy atom. The summed E-state index contributed by atoms with van der Waals surface area (Å²) in [6.07, 6.45) is 4.50. The van der Waals surface area contributed by atoms with Crippen LogP contribution in [0.15, 0.2) is 58.2 Å². The molecule has 1 heterocycles. The number of aliphatic imine (C=N–C) groups is 2. The molecule has 1 aliphatic heterocycles. The number of carboxylic acid groups (broad SMARTS) is 1. The van der Waals surface area contributed by atoms with Gasteiger partial charge in [-0.2, -0.15) is 0 Å². The van der Waals surface area contributed by atoms with E-state index in [0.717, 1.165) is 60.1 Å². The second-order valence-corrected chi connectivity index (χ2v) is 12.0. The first-order valence-corrected chi connectivity index (χ1v) is 16.6. The third-order valence-electron chi connectivity index (χ3n) is 7.97. The molecule has 0 atom stereocenters. The maximum atomic E-state index is 11.3. The number of carboxylic acids is 1. The van der Waals surface area contributed by atoms with E-state index < -0.39 is 5.97 Å². The minimum absolute atomic E-state index is 0.123. The van der Waals surface area contributed by atoms with Crippen molar-refractivity contribution in [3.05, 3.63) is 64.9 Å². The Morgan fingerprint density at radius 2 is 1.80 bits per heavy atom. The number of benzene rings is 2. The lowest BCUT2D eigenvalue weighted by atomic mass is 10.1. The summed E-state index contributed by atoms with van der Waals surface area (Å²) in [6, 6.07) is 12.8. The summed E-state index contributed by atoms with van der Waals surface area (Å²) in [4.78, 5) is 27.6. The molecular weight excluding hydrogens is 580 g/mol. The number of aliphatic hydroxyl groups is 2. The highest BCUT2D eigenvalue weighted by Crippen LogP contribution is 2.32. The lowest BCUT2D eigenvalue weighted by molar-refractivity contribution is -0.137. The molecule has 2 aromatic carbocycles. The van der Waals surface area contributed by atoms with Gasteiger partial charge in [-0.05, 0) is 94.1 Å². The van der Waals surface area contributed by atoms with Crippen molar-refractivity contribution in [1.82, 2.24) is 4.90 Å². The Labute approximate surface area is 275 Å². The molecular formula is C36H54N6O4. The monoisotopic (exact) mass is 634 g/mol. The van der Waals surface area contributed by atoms with Crippen LogP contribution in [0, 0.1) is 13.8 Å². The van der Waals surface area contributed by atoms with Crippen molar-refractivity contribution in [3.63, 3.8) is 0 Å². The number of hydrogen-bond donors (Lipinski definition) is 4. The van der Waals surface area contributed by atoms with E-state index in [2.05, 4.69) is 90.2 Å². The molecule has 0 spiro atoms. The highest BCUT2D eigenvalue weighted by Gasteiger charge is 2.23. The molecule has 4 N–H and O–H groups in total. The minimum Gasteiger partial charge on any atom is -0.481 e. The molecule has 252 valence electrons. The van der Waals surface area contributed by atoms with Gasteiger partial charge in [-0.15, -0.1) is 0 Å². The first kappa shape index (κ1) is 36.7. The molecule has 1 aliphatic rings. The van der Waals surface area contributed by atoms with Crippen molar-refractivity contribution in [2.24, 2.45) is 9.98 Å². The number of carbonyl (C=O) groups is 1. The van der Waals surface area contributed by atoms with E-state index in [9.17, 15) is 20.1 Å². The number of nitrogens with zero attached hydrogens (tertiary/aromatic N) is 5. The zero-order chi connectivity index (χ0) is 33.5. The maximum absolute atomic E-state index is 11.3. The van der Waals surface area contributed by atoms with Gasteiger partial charge in [0.05, 0.1) is 43.4 Å². The van der Waals surface area contributed by atoms with Crippen molar-refractivity contribution in [3.8, 4) is 0 Å². The predicted molar refractivity (Wildman–Crippen MR) is 191 cm³/mol. The standard InChI is InChI=1S/C36H54N6O4/c1-6-10-29(5)38-31(26-44)24-42-25-35(37-14-9-15-40(7-2)17-18-43)39-33-13-12-30(22-34(33)42)23-41(16-8-11-36(45)46)32-20-27(3)19-28(4)21-32/h10,12-13,19-22,43-44H,6-9,11,14-18,23-26H2,1-5H3,(H,37,39)(H,45,46)/b29-10-,38-31?. The lowest BCUT2D eigenvalue weighted by Crippen LogP contribution is -2.42. The fourth-order valence-corrected chi connectivity index (χ4v) is 5.82. The van der Waals surface area contributed by atoms with Gasteiger partial charge in [0.2, 0.25) is 0 Å². The van der Waals surface area contributed by atoms with Gasteiger partial charge in [0.1, 0.15) is 5.84 Å². The number of allylic oxidation sites excluding steroid dienone is 2. The minimum atomic E-state index is -0.786. The number of aliphatic hydroxyl groups excluding tert-OH is 2. The fourth-order valence-electron chi connectivity index (χ4n) is 5.82. The van der Waals surface area contributed by atoms with Crippen LogP contribution in [-0.2, 0) is 11.3 Å².